The molecule has 3 heteroatoms. The topological polar surface area (TPSA) is 28.0 Å². The van der Waals surface area contributed by atoms with E-state index in [0.717, 1.165) is 0 Å². The number of aliphatic imine (C=N–C) groups is 2. The minimum atomic E-state index is 1.50. The first-order valence-corrected chi connectivity index (χ1v) is 2.37. The molecule has 0 aromatic rings. The van der Waals surface area contributed by atoms with Crippen LogP contribution in [0.15, 0.2) is 9.98 Å². The molecule has 0 bridgehead atoms. The summed E-state index contributed by atoms with van der Waals surface area (Å²) >= 11 is 0. The Kier molecular flexibility index (Phi) is 3.84. The van der Waals surface area contributed by atoms with Gasteiger partial charge < -0.3 is 4.90 Å². The largest absolute Gasteiger partial charge is 0.369 e. The van der Waals surface area contributed by atoms with Gasteiger partial charge in [-0.3, -0.25) is 4.99 Å². The molecule has 0 saturated heterocycles. The molecule has 0 aromatic carbocycles. The van der Waals surface area contributed by atoms with Crippen molar-refractivity contribution >= 4 is 12.7 Å². The van der Waals surface area contributed by atoms with Gasteiger partial charge in [0.25, 0.3) is 0 Å². The standard InChI is InChI=1S/C5H11N3/c1-6-4-7-5-8(2)3/h4-5H,1-3H3/b6-4+,7-5-. The van der Waals surface area contributed by atoms with Crippen LogP contribution in [0.4, 0.5) is 0 Å². The summed E-state index contributed by atoms with van der Waals surface area (Å²) in [6.45, 7) is 0. The zero-order valence-corrected chi connectivity index (χ0v) is 5.50. The van der Waals surface area contributed by atoms with Crippen molar-refractivity contribution in [2.45, 2.75) is 0 Å². The Morgan fingerprint density at radius 1 is 1.38 bits per heavy atom. The molecule has 0 radical (unpaired) electrons. The molecule has 3 nitrogen and oxygen atoms in total. The lowest BCUT2D eigenvalue weighted by Crippen LogP contribution is -2.07. The summed E-state index contributed by atoms with van der Waals surface area (Å²) < 4.78 is 0. The van der Waals surface area contributed by atoms with Crippen LogP contribution in [0.1, 0.15) is 0 Å². The van der Waals surface area contributed by atoms with E-state index in [1.165, 1.54) is 6.34 Å². The van der Waals surface area contributed by atoms with Crippen LogP contribution in [-0.2, 0) is 0 Å². The van der Waals surface area contributed by atoms with Crippen molar-refractivity contribution in [3.8, 4) is 0 Å². The van der Waals surface area contributed by atoms with E-state index in [4.69, 9.17) is 0 Å². The minimum Gasteiger partial charge on any atom is -0.369 e. The lowest BCUT2D eigenvalue weighted by atomic mass is 10.9. The van der Waals surface area contributed by atoms with Gasteiger partial charge in [0.05, 0.1) is 6.34 Å². The molecule has 0 unspecified atom stereocenters. The normalized spacial score (nSPS) is 11.4. The van der Waals surface area contributed by atoms with Crippen molar-refractivity contribution in [2.75, 3.05) is 21.1 Å². The molecule has 0 fully saturated rings. The van der Waals surface area contributed by atoms with Crippen molar-refractivity contribution in [3.05, 3.63) is 0 Å². The highest BCUT2D eigenvalue weighted by Crippen LogP contribution is 1.63. The first-order chi connectivity index (χ1) is 3.77. The molecule has 0 rings (SSSR count). The first-order valence-electron chi connectivity index (χ1n) is 2.37. The molecule has 0 spiro atoms. The van der Waals surface area contributed by atoms with E-state index in [2.05, 4.69) is 9.98 Å². The maximum Gasteiger partial charge on any atom is 0.111 e. The van der Waals surface area contributed by atoms with E-state index in [0.29, 0.717) is 0 Å². The van der Waals surface area contributed by atoms with Crippen molar-refractivity contribution < 1.29 is 0 Å². The van der Waals surface area contributed by atoms with Crippen LogP contribution in [0.25, 0.3) is 0 Å². The summed E-state index contributed by atoms with van der Waals surface area (Å²) in [5.74, 6) is 0. The first kappa shape index (κ1) is 7.14. The van der Waals surface area contributed by atoms with Crippen LogP contribution in [0, 0.1) is 0 Å². The average Bonchev–Trinajstić information content (AvgIpc) is 1.66. The van der Waals surface area contributed by atoms with Gasteiger partial charge in [-0.1, -0.05) is 0 Å². The van der Waals surface area contributed by atoms with Crippen LogP contribution >= 0.6 is 0 Å². The van der Waals surface area contributed by atoms with Gasteiger partial charge >= 0.3 is 0 Å². The molecular formula is C5H11N3. The van der Waals surface area contributed by atoms with Crippen molar-refractivity contribution in [3.63, 3.8) is 0 Å². The highest BCUT2D eigenvalue weighted by Gasteiger charge is 1.70. The summed E-state index contributed by atoms with van der Waals surface area (Å²) in [4.78, 5) is 9.31. The average molecular weight is 113 g/mol. The maximum atomic E-state index is 3.80. The van der Waals surface area contributed by atoms with E-state index in [-0.39, 0.29) is 0 Å². The molecule has 0 saturated carbocycles. The van der Waals surface area contributed by atoms with Gasteiger partial charge in [0.1, 0.15) is 6.34 Å². The maximum absolute atomic E-state index is 3.80. The Hall–Kier alpha value is -0.860. The third-order valence-electron chi connectivity index (χ3n) is 0.480. The molecule has 0 atom stereocenters. The summed E-state index contributed by atoms with van der Waals surface area (Å²) in [5.41, 5.74) is 0. The Bertz CT molecular complexity index is 93.8. The molecule has 0 heterocycles. The fraction of sp³-hybridized carbons (Fsp3) is 0.600. The van der Waals surface area contributed by atoms with Crippen LogP contribution in [0.2, 0.25) is 0 Å². The van der Waals surface area contributed by atoms with Crippen LogP contribution in [0.5, 0.6) is 0 Å². The van der Waals surface area contributed by atoms with Crippen LogP contribution < -0.4 is 0 Å². The minimum absolute atomic E-state index is 1.50. The molecule has 0 aliphatic heterocycles. The Morgan fingerprint density at radius 2 is 2.00 bits per heavy atom. The fourth-order valence-electron chi connectivity index (χ4n) is 0.230. The number of rotatable bonds is 2. The van der Waals surface area contributed by atoms with Gasteiger partial charge in [-0.25, -0.2) is 4.99 Å². The van der Waals surface area contributed by atoms with E-state index >= 15 is 0 Å². The zero-order valence-electron chi connectivity index (χ0n) is 5.50. The van der Waals surface area contributed by atoms with Gasteiger partial charge in [-0.15, -0.1) is 0 Å². The lowest BCUT2D eigenvalue weighted by molar-refractivity contribution is 0.644. The molecule has 0 aliphatic carbocycles. The Morgan fingerprint density at radius 3 is 2.38 bits per heavy atom. The summed E-state index contributed by atoms with van der Waals surface area (Å²) in [6.07, 6.45) is 3.19. The van der Waals surface area contributed by atoms with Crippen LogP contribution in [-0.4, -0.2) is 38.7 Å². The molecule has 8 heavy (non-hydrogen) atoms. The molecule has 46 valence electrons. The number of hydrogen-bond acceptors (Lipinski definition) is 1. The summed E-state index contributed by atoms with van der Waals surface area (Å²) in [6, 6.07) is 0. The quantitative estimate of drug-likeness (QED) is 0.372. The summed E-state index contributed by atoms with van der Waals surface area (Å²) in [7, 11) is 5.51. The predicted octanol–water partition coefficient (Wildman–Crippen LogP) is 0.234. The molecular weight excluding hydrogens is 102 g/mol. The Labute approximate surface area is 49.7 Å². The molecule has 0 N–H and O–H groups in total. The van der Waals surface area contributed by atoms with E-state index in [9.17, 15) is 0 Å². The summed E-state index contributed by atoms with van der Waals surface area (Å²) in [5, 5.41) is 0. The molecule has 0 aliphatic rings. The fourth-order valence-corrected chi connectivity index (χ4v) is 0.230. The van der Waals surface area contributed by atoms with Gasteiger partial charge in [0, 0.05) is 21.1 Å². The van der Waals surface area contributed by atoms with E-state index < -0.39 is 0 Å². The van der Waals surface area contributed by atoms with E-state index in [1.807, 2.05) is 19.0 Å². The third-order valence-corrected chi connectivity index (χ3v) is 0.480. The number of hydrogen-bond donors (Lipinski definition) is 0. The van der Waals surface area contributed by atoms with E-state index in [1.54, 1.807) is 13.4 Å². The highest BCUT2D eigenvalue weighted by atomic mass is 15.1. The zero-order chi connectivity index (χ0) is 6.41. The number of nitrogens with zero attached hydrogens (tertiary/aromatic N) is 3. The third kappa shape index (κ3) is 5.14. The van der Waals surface area contributed by atoms with Gasteiger partial charge in [-0.2, -0.15) is 0 Å². The molecule has 0 aromatic heterocycles. The van der Waals surface area contributed by atoms with Crippen molar-refractivity contribution in [1.29, 1.82) is 0 Å². The van der Waals surface area contributed by atoms with Gasteiger partial charge in [-0.05, 0) is 0 Å². The van der Waals surface area contributed by atoms with Gasteiger partial charge in [0.2, 0.25) is 0 Å². The second kappa shape index (κ2) is 4.30. The second-order valence-electron chi connectivity index (χ2n) is 1.60. The smallest absolute Gasteiger partial charge is 0.111 e. The highest BCUT2D eigenvalue weighted by molar-refractivity contribution is 5.70. The SMILES string of the molecule is C/N=C/N=C\N(C)C. The van der Waals surface area contributed by atoms with Crippen molar-refractivity contribution in [1.82, 2.24) is 4.90 Å². The van der Waals surface area contributed by atoms with Crippen molar-refractivity contribution in [2.24, 2.45) is 9.98 Å². The Balaban J connectivity index is 3.34. The van der Waals surface area contributed by atoms with Gasteiger partial charge in [0.15, 0.2) is 0 Å². The van der Waals surface area contributed by atoms with Crippen LogP contribution in [0.3, 0.4) is 0 Å². The lowest BCUT2D eigenvalue weighted by Gasteiger charge is -1.98. The monoisotopic (exact) mass is 113 g/mol. The second-order valence-corrected chi connectivity index (χ2v) is 1.60. The molecule has 0 amide bonds. The predicted molar refractivity (Wildman–Crippen MR) is 36.6 cm³/mol.